The Morgan fingerprint density at radius 1 is 1.08 bits per heavy atom. The highest BCUT2D eigenvalue weighted by atomic mass is 19.1. The lowest BCUT2D eigenvalue weighted by Gasteiger charge is -2.22. The van der Waals surface area contributed by atoms with Crippen molar-refractivity contribution >= 4 is 12.1 Å². The summed E-state index contributed by atoms with van der Waals surface area (Å²) in [5, 5.41) is 2.59. The number of carbonyl (C=O) groups excluding carboxylic acids is 2. The molecule has 0 fully saturated rings. The standard InChI is InChI=1S/C19H28FNO4/c1-12(21-17(23)25-19(5,6)7)14-10-13(8-9-15(14)20)11-16(22)24-18(2,3)4/h8-10,12H,11H2,1-7H3,(H,21,23). The average molecular weight is 353 g/mol. The van der Waals surface area contributed by atoms with Crippen LogP contribution in [0.1, 0.15) is 65.6 Å². The Balaban J connectivity index is 2.83. The molecule has 0 spiro atoms. The summed E-state index contributed by atoms with van der Waals surface area (Å²) in [6.45, 7) is 12.3. The third-order valence-electron chi connectivity index (χ3n) is 3.03. The van der Waals surface area contributed by atoms with Gasteiger partial charge in [-0.05, 0) is 60.1 Å². The molecule has 140 valence electrons. The zero-order valence-corrected chi connectivity index (χ0v) is 16.0. The van der Waals surface area contributed by atoms with E-state index < -0.39 is 35.1 Å². The average Bonchev–Trinajstić information content (AvgIpc) is 2.36. The molecule has 0 bridgehead atoms. The first-order valence-electron chi connectivity index (χ1n) is 8.26. The van der Waals surface area contributed by atoms with E-state index in [-0.39, 0.29) is 12.0 Å². The molecule has 1 N–H and O–H groups in total. The quantitative estimate of drug-likeness (QED) is 0.820. The Hall–Kier alpha value is -2.11. The van der Waals surface area contributed by atoms with Crippen molar-refractivity contribution in [3.63, 3.8) is 0 Å². The highest BCUT2D eigenvalue weighted by Crippen LogP contribution is 2.20. The first-order chi connectivity index (χ1) is 11.3. The minimum atomic E-state index is -0.638. The lowest BCUT2D eigenvalue weighted by Crippen LogP contribution is -2.34. The molecule has 0 aliphatic rings. The molecule has 0 aliphatic heterocycles. The number of hydrogen-bond acceptors (Lipinski definition) is 4. The number of alkyl carbamates (subject to hydrolysis) is 1. The summed E-state index contributed by atoms with van der Waals surface area (Å²) < 4.78 is 24.6. The maximum absolute atomic E-state index is 14.1. The SMILES string of the molecule is CC(NC(=O)OC(C)(C)C)c1cc(CC(=O)OC(C)(C)C)ccc1F. The number of nitrogens with one attached hydrogen (secondary N) is 1. The normalized spacial score (nSPS) is 13.1. The van der Waals surface area contributed by atoms with Gasteiger partial charge in [0, 0.05) is 5.56 Å². The van der Waals surface area contributed by atoms with Crippen LogP contribution in [0.2, 0.25) is 0 Å². The van der Waals surface area contributed by atoms with E-state index >= 15 is 0 Å². The van der Waals surface area contributed by atoms with Crippen molar-refractivity contribution in [2.24, 2.45) is 0 Å². The molecule has 1 amide bonds. The Bertz CT molecular complexity index is 629. The van der Waals surface area contributed by atoms with Crippen molar-refractivity contribution in [1.82, 2.24) is 5.32 Å². The Labute approximate surface area is 148 Å². The zero-order chi connectivity index (χ0) is 19.4. The van der Waals surface area contributed by atoms with E-state index in [2.05, 4.69) is 5.32 Å². The van der Waals surface area contributed by atoms with E-state index in [1.54, 1.807) is 54.5 Å². The fourth-order valence-electron chi connectivity index (χ4n) is 2.14. The van der Waals surface area contributed by atoms with Crippen molar-refractivity contribution in [2.45, 2.75) is 72.1 Å². The van der Waals surface area contributed by atoms with Crippen LogP contribution in [0.25, 0.3) is 0 Å². The summed E-state index contributed by atoms with van der Waals surface area (Å²) >= 11 is 0. The maximum atomic E-state index is 14.1. The van der Waals surface area contributed by atoms with Crippen LogP contribution < -0.4 is 5.32 Å². The minimum Gasteiger partial charge on any atom is -0.460 e. The maximum Gasteiger partial charge on any atom is 0.408 e. The van der Waals surface area contributed by atoms with E-state index in [0.717, 1.165) is 0 Å². The molecular formula is C19H28FNO4. The molecule has 1 aromatic carbocycles. The number of amides is 1. The first-order valence-corrected chi connectivity index (χ1v) is 8.26. The second-order valence-electron chi connectivity index (χ2n) is 7.99. The minimum absolute atomic E-state index is 0.0315. The fourth-order valence-corrected chi connectivity index (χ4v) is 2.14. The van der Waals surface area contributed by atoms with Gasteiger partial charge in [-0.25, -0.2) is 9.18 Å². The monoisotopic (exact) mass is 353 g/mol. The van der Waals surface area contributed by atoms with Gasteiger partial charge in [0.05, 0.1) is 12.5 Å². The lowest BCUT2D eigenvalue weighted by atomic mass is 10.0. The van der Waals surface area contributed by atoms with Crippen LogP contribution in [0.3, 0.4) is 0 Å². The molecule has 0 aromatic heterocycles. The lowest BCUT2D eigenvalue weighted by molar-refractivity contribution is -0.153. The first kappa shape index (κ1) is 20.9. The van der Waals surface area contributed by atoms with Crippen molar-refractivity contribution in [2.75, 3.05) is 0 Å². The number of esters is 1. The van der Waals surface area contributed by atoms with E-state index in [9.17, 15) is 14.0 Å². The van der Waals surface area contributed by atoms with Crippen molar-refractivity contribution in [3.8, 4) is 0 Å². The Morgan fingerprint density at radius 2 is 1.64 bits per heavy atom. The van der Waals surface area contributed by atoms with Gasteiger partial charge in [0.1, 0.15) is 17.0 Å². The van der Waals surface area contributed by atoms with Gasteiger partial charge in [-0.1, -0.05) is 12.1 Å². The highest BCUT2D eigenvalue weighted by Gasteiger charge is 2.21. The van der Waals surface area contributed by atoms with Gasteiger partial charge in [-0.3, -0.25) is 4.79 Å². The molecule has 1 rings (SSSR count). The van der Waals surface area contributed by atoms with E-state index in [1.807, 2.05) is 0 Å². The molecule has 0 aliphatic carbocycles. The number of rotatable bonds is 4. The summed E-state index contributed by atoms with van der Waals surface area (Å²) in [5.74, 6) is -0.852. The van der Waals surface area contributed by atoms with Crippen molar-refractivity contribution < 1.29 is 23.5 Å². The Kier molecular flexibility index (Phi) is 6.57. The predicted molar refractivity (Wildman–Crippen MR) is 93.7 cm³/mol. The van der Waals surface area contributed by atoms with Gasteiger partial charge in [-0.15, -0.1) is 0 Å². The molecule has 1 atom stereocenters. The number of benzene rings is 1. The fraction of sp³-hybridized carbons (Fsp3) is 0.579. The van der Waals surface area contributed by atoms with Gasteiger partial charge in [0.15, 0.2) is 0 Å². The van der Waals surface area contributed by atoms with E-state index in [1.165, 1.54) is 12.1 Å². The van der Waals surface area contributed by atoms with Crippen LogP contribution in [-0.2, 0) is 20.7 Å². The van der Waals surface area contributed by atoms with Crippen LogP contribution >= 0.6 is 0 Å². The predicted octanol–water partition coefficient (Wildman–Crippen LogP) is 4.30. The number of halogens is 1. The van der Waals surface area contributed by atoms with E-state index in [4.69, 9.17) is 9.47 Å². The summed E-state index contributed by atoms with van der Waals surface area (Å²) in [6.07, 6.45) is -0.596. The van der Waals surface area contributed by atoms with Gasteiger partial charge in [0.2, 0.25) is 0 Å². The molecule has 0 radical (unpaired) electrons. The topological polar surface area (TPSA) is 64.6 Å². The van der Waals surface area contributed by atoms with Gasteiger partial charge in [-0.2, -0.15) is 0 Å². The van der Waals surface area contributed by atoms with Crippen LogP contribution in [0.5, 0.6) is 0 Å². The Morgan fingerprint density at radius 3 is 2.16 bits per heavy atom. The summed E-state index contributed by atoms with van der Waals surface area (Å²) in [4.78, 5) is 23.8. The smallest absolute Gasteiger partial charge is 0.408 e. The third kappa shape index (κ3) is 8.01. The molecule has 1 aromatic rings. The largest absolute Gasteiger partial charge is 0.460 e. The molecule has 0 heterocycles. The molecule has 6 heteroatoms. The van der Waals surface area contributed by atoms with Crippen LogP contribution in [0.15, 0.2) is 18.2 Å². The van der Waals surface area contributed by atoms with Crippen LogP contribution in [0, 0.1) is 5.82 Å². The molecule has 0 saturated carbocycles. The van der Waals surface area contributed by atoms with Gasteiger partial charge in [0.25, 0.3) is 0 Å². The van der Waals surface area contributed by atoms with Crippen molar-refractivity contribution in [3.05, 3.63) is 35.1 Å². The molecular weight excluding hydrogens is 325 g/mol. The second kappa shape index (κ2) is 7.85. The summed E-state index contributed by atoms with van der Waals surface area (Å²) in [5.41, 5.74) is -0.317. The molecule has 5 nitrogen and oxygen atoms in total. The van der Waals surface area contributed by atoms with Gasteiger partial charge < -0.3 is 14.8 Å². The van der Waals surface area contributed by atoms with Crippen LogP contribution in [-0.4, -0.2) is 23.3 Å². The number of carbonyl (C=O) groups is 2. The number of hydrogen-bond donors (Lipinski definition) is 1. The third-order valence-corrected chi connectivity index (χ3v) is 3.03. The van der Waals surface area contributed by atoms with E-state index in [0.29, 0.717) is 5.56 Å². The van der Waals surface area contributed by atoms with Gasteiger partial charge >= 0.3 is 12.1 Å². The molecule has 25 heavy (non-hydrogen) atoms. The zero-order valence-electron chi connectivity index (χ0n) is 16.0. The number of ether oxygens (including phenoxy) is 2. The van der Waals surface area contributed by atoms with Crippen LogP contribution in [0.4, 0.5) is 9.18 Å². The molecule has 0 saturated heterocycles. The van der Waals surface area contributed by atoms with Crippen molar-refractivity contribution in [1.29, 1.82) is 0 Å². The highest BCUT2D eigenvalue weighted by molar-refractivity contribution is 5.73. The second-order valence-corrected chi connectivity index (χ2v) is 7.99. The summed E-state index contributed by atoms with van der Waals surface area (Å²) in [6, 6.07) is 3.76. The summed E-state index contributed by atoms with van der Waals surface area (Å²) in [7, 11) is 0. The molecule has 1 unspecified atom stereocenters.